The zero-order valence-electron chi connectivity index (χ0n) is 14.0. The second kappa shape index (κ2) is 6.96. The SMILES string of the molecule is N[C@@H]1CCC[C@H](OCc2ccc(-c3nc4ccccc4o3)cc2)[C@H]1O. The number of fused-ring (bicyclic) bond motifs is 1. The monoisotopic (exact) mass is 338 g/mol. The van der Waals surface area contributed by atoms with Crippen LogP contribution in [0, 0.1) is 0 Å². The number of hydrogen-bond donors (Lipinski definition) is 2. The van der Waals surface area contributed by atoms with E-state index in [9.17, 15) is 5.11 Å². The molecule has 3 aromatic rings. The zero-order valence-corrected chi connectivity index (χ0v) is 14.0. The molecule has 5 heteroatoms. The molecule has 3 atom stereocenters. The molecule has 130 valence electrons. The lowest BCUT2D eigenvalue weighted by atomic mass is 9.90. The van der Waals surface area contributed by atoms with Crippen molar-refractivity contribution >= 4 is 11.1 Å². The maximum absolute atomic E-state index is 10.1. The Morgan fingerprint density at radius 1 is 1.12 bits per heavy atom. The summed E-state index contributed by atoms with van der Waals surface area (Å²) in [4.78, 5) is 4.51. The van der Waals surface area contributed by atoms with Gasteiger partial charge in [0.05, 0.1) is 18.8 Å². The van der Waals surface area contributed by atoms with Gasteiger partial charge in [0.25, 0.3) is 0 Å². The van der Waals surface area contributed by atoms with Crippen LogP contribution in [0.2, 0.25) is 0 Å². The van der Waals surface area contributed by atoms with Crippen molar-refractivity contribution < 1.29 is 14.3 Å². The molecule has 0 unspecified atom stereocenters. The highest BCUT2D eigenvalue weighted by molar-refractivity contribution is 5.75. The quantitative estimate of drug-likeness (QED) is 0.763. The van der Waals surface area contributed by atoms with Crippen LogP contribution in [0.4, 0.5) is 0 Å². The number of para-hydroxylation sites is 2. The molecule has 1 aliphatic rings. The number of nitrogens with zero attached hydrogens (tertiary/aromatic N) is 1. The van der Waals surface area contributed by atoms with Gasteiger partial charge in [-0.15, -0.1) is 0 Å². The second-order valence-corrected chi connectivity index (χ2v) is 6.62. The highest BCUT2D eigenvalue weighted by Crippen LogP contribution is 2.25. The molecule has 0 radical (unpaired) electrons. The Kier molecular flexibility index (Phi) is 4.53. The van der Waals surface area contributed by atoms with E-state index in [4.69, 9.17) is 14.9 Å². The van der Waals surface area contributed by atoms with Crippen molar-refractivity contribution in [2.75, 3.05) is 0 Å². The van der Waals surface area contributed by atoms with Crippen molar-refractivity contribution in [1.82, 2.24) is 4.98 Å². The summed E-state index contributed by atoms with van der Waals surface area (Å²) < 4.78 is 11.7. The first-order valence-corrected chi connectivity index (χ1v) is 8.71. The lowest BCUT2D eigenvalue weighted by Crippen LogP contribution is -2.47. The minimum Gasteiger partial charge on any atom is -0.436 e. The lowest BCUT2D eigenvalue weighted by molar-refractivity contribution is -0.0740. The van der Waals surface area contributed by atoms with E-state index in [2.05, 4.69) is 4.98 Å². The Balaban J connectivity index is 1.43. The number of aliphatic hydroxyl groups is 1. The fraction of sp³-hybridized carbons (Fsp3) is 0.350. The molecule has 4 rings (SSSR count). The van der Waals surface area contributed by atoms with E-state index in [1.165, 1.54) is 0 Å². The largest absolute Gasteiger partial charge is 0.436 e. The van der Waals surface area contributed by atoms with E-state index < -0.39 is 6.10 Å². The van der Waals surface area contributed by atoms with Gasteiger partial charge in [-0.05, 0) is 49.1 Å². The molecule has 0 spiro atoms. The second-order valence-electron chi connectivity index (χ2n) is 6.62. The third-order valence-corrected chi connectivity index (χ3v) is 4.80. The summed E-state index contributed by atoms with van der Waals surface area (Å²) >= 11 is 0. The Morgan fingerprint density at radius 3 is 2.72 bits per heavy atom. The van der Waals surface area contributed by atoms with E-state index in [1.54, 1.807) is 0 Å². The van der Waals surface area contributed by atoms with E-state index in [0.717, 1.165) is 41.5 Å². The first kappa shape index (κ1) is 16.3. The van der Waals surface area contributed by atoms with Gasteiger partial charge in [0, 0.05) is 11.6 Å². The summed E-state index contributed by atoms with van der Waals surface area (Å²) in [7, 11) is 0. The van der Waals surface area contributed by atoms with Crippen LogP contribution in [0.5, 0.6) is 0 Å². The van der Waals surface area contributed by atoms with Crippen molar-refractivity contribution in [3.05, 3.63) is 54.1 Å². The van der Waals surface area contributed by atoms with E-state index in [1.807, 2.05) is 48.5 Å². The summed E-state index contributed by atoms with van der Waals surface area (Å²) in [6, 6.07) is 15.5. The van der Waals surface area contributed by atoms with Crippen LogP contribution in [0.25, 0.3) is 22.6 Å². The smallest absolute Gasteiger partial charge is 0.227 e. The van der Waals surface area contributed by atoms with Gasteiger partial charge in [-0.1, -0.05) is 24.3 Å². The van der Waals surface area contributed by atoms with Crippen molar-refractivity contribution in [2.45, 2.75) is 44.1 Å². The number of aromatic nitrogens is 1. The summed E-state index contributed by atoms with van der Waals surface area (Å²) in [5.41, 5.74) is 9.52. The molecule has 2 aromatic carbocycles. The Labute approximate surface area is 146 Å². The first-order valence-electron chi connectivity index (χ1n) is 8.71. The fourth-order valence-electron chi connectivity index (χ4n) is 3.30. The fourth-order valence-corrected chi connectivity index (χ4v) is 3.30. The van der Waals surface area contributed by atoms with Gasteiger partial charge in [0.2, 0.25) is 5.89 Å². The van der Waals surface area contributed by atoms with Crippen molar-refractivity contribution in [2.24, 2.45) is 5.73 Å². The Hall–Kier alpha value is -2.21. The number of nitrogens with two attached hydrogens (primary N) is 1. The molecule has 1 aliphatic carbocycles. The molecular formula is C20H22N2O3. The van der Waals surface area contributed by atoms with E-state index in [-0.39, 0.29) is 12.1 Å². The van der Waals surface area contributed by atoms with E-state index in [0.29, 0.717) is 12.5 Å². The van der Waals surface area contributed by atoms with Crippen molar-refractivity contribution in [3.63, 3.8) is 0 Å². The molecule has 25 heavy (non-hydrogen) atoms. The van der Waals surface area contributed by atoms with Crippen molar-refractivity contribution in [1.29, 1.82) is 0 Å². The molecular weight excluding hydrogens is 316 g/mol. The molecule has 3 N–H and O–H groups in total. The molecule has 5 nitrogen and oxygen atoms in total. The van der Waals surface area contributed by atoms with Crippen LogP contribution >= 0.6 is 0 Å². The number of aliphatic hydroxyl groups excluding tert-OH is 1. The Bertz CT molecular complexity index is 811. The average Bonchev–Trinajstić information content (AvgIpc) is 3.07. The Morgan fingerprint density at radius 2 is 1.92 bits per heavy atom. The third-order valence-electron chi connectivity index (χ3n) is 4.80. The van der Waals surface area contributed by atoms with Gasteiger partial charge < -0.3 is 20.0 Å². The van der Waals surface area contributed by atoms with Crippen molar-refractivity contribution in [3.8, 4) is 11.5 Å². The first-order chi connectivity index (χ1) is 12.2. The normalized spacial score (nSPS) is 23.8. The maximum atomic E-state index is 10.1. The molecule has 0 saturated heterocycles. The van der Waals surface area contributed by atoms with Gasteiger partial charge in [-0.2, -0.15) is 0 Å². The van der Waals surface area contributed by atoms with Crippen LogP contribution in [0.1, 0.15) is 24.8 Å². The van der Waals surface area contributed by atoms with Crippen LogP contribution in [0.15, 0.2) is 52.9 Å². The maximum Gasteiger partial charge on any atom is 0.227 e. The predicted octanol–water partition coefficient (Wildman–Crippen LogP) is 3.25. The van der Waals surface area contributed by atoms with Gasteiger partial charge >= 0.3 is 0 Å². The number of ether oxygens (including phenoxy) is 1. The van der Waals surface area contributed by atoms with Crippen LogP contribution in [-0.4, -0.2) is 28.3 Å². The minimum atomic E-state index is -0.576. The molecule has 1 fully saturated rings. The zero-order chi connectivity index (χ0) is 17.2. The molecule has 0 amide bonds. The summed E-state index contributed by atoms with van der Waals surface area (Å²) in [5, 5.41) is 10.1. The van der Waals surface area contributed by atoms with Crippen LogP contribution in [-0.2, 0) is 11.3 Å². The summed E-state index contributed by atoms with van der Waals surface area (Å²) in [5.74, 6) is 0.613. The summed E-state index contributed by atoms with van der Waals surface area (Å²) in [6.07, 6.45) is 1.96. The molecule has 1 heterocycles. The van der Waals surface area contributed by atoms with Gasteiger partial charge in [0.1, 0.15) is 5.52 Å². The standard InChI is InChI=1S/C20H22N2O3/c21-15-4-3-7-18(19(15)23)24-12-13-8-10-14(11-9-13)20-22-16-5-1-2-6-17(16)25-20/h1-2,5-6,8-11,15,18-19,23H,3-4,7,12,21H2/t15-,18+,19+/m1/s1. The van der Waals surface area contributed by atoms with Crippen LogP contribution in [0.3, 0.4) is 0 Å². The third kappa shape index (κ3) is 3.44. The van der Waals surface area contributed by atoms with E-state index >= 15 is 0 Å². The highest BCUT2D eigenvalue weighted by Gasteiger charge is 2.29. The summed E-state index contributed by atoms with van der Waals surface area (Å²) in [6.45, 7) is 0.461. The predicted molar refractivity (Wildman–Crippen MR) is 95.9 cm³/mol. The molecule has 1 saturated carbocycles. The highest BCUT2D eigenvalue weighted by atomic mass is 16.5. The number of oxazole rings is 1. The molecule has 0 aliphatic heterocycles. The molecule has 1 aromatic heterocycles. The van der Waals surface area contributed by atoms with Gasteiger partial charge in [-0.3, -0.25) is 0 Å². The van der Waals surface area contributed by atoms with Gasteiger partial charge in [-0.25, -0.2) is 4.98 Å². The van der Waals surface area contributed by atoms with Gasteiger partial charge in [0.15, 0.2) is 5.58 Å². The topological polar surface area (TPSA) is 81.5 Å². The van der Waals surface area contributed by atoms with Crippen LogP contribution < -0.4 is 5.73 Å². The average molecular weight is 338 g/mol. The number of benzene rings is 2. The minimum absolute atomic E-state index is 0.180. The lowest BCUT2D eigenvalue weighted by Gasteiger charge is -2.32. The number of rotatable bonds is 4. The molecule has 0 bridgehead atoms. The number of hydrogen-bond acceptors (Lipinski definition) is 5.